The number of nitrogens with zero attached hydrogens (tertiary/aromatic N) is 2. The van der Waals surface area contributed by atoms with Gasteiger partial charge in [-0.3, -0.25) is 0 Å². The van der Waals surface area contributed by atoms with E-state index in [9.17, 15) is 16.8 Å². The van der Waals surface area contributed by atoms with Crippen molar-refractivity contribution in [2.75, 3.05) is 11.5 Å². The van der Waals surface area contributed by atoms with Gasteiger partial charge in [-0.25, -0.2) is 26.2 Å². The van der Waals surface area contributed by atoms with Gasteiger partial charge in [-0.2, -0.15) is 5.10 Å². The van der Waals surface area contributed by atoms with Crippen LogP contribution in [0.15, 0.2) is 41.6 Å². The molecule has 0 unspecified atom stereocenters. The Bertz CT molecular complexity index is 919. The second-order valence-electron chi connectivity index (χ2n) is 5.62. The van der Waals surface area contributed by atoms with E-state index in [-0.39, 0.29) is 16.4 Å². The summed E-state index contributed by atoms with van der Waals surface area (Å²) in [7, 11) is -6.94. The molecule has 1 aliphatic heterocycles. The summed E-state index contributed by atoms with van der Waals surface area (Å²) in [5.74, 6) is -0.128. The van der Waals surface area contributed by atoms with E-state index in [0.717, 1.165) is 0 Å². The first kappa shape index (κ1) is 16.2. The molecule has 9 heteroatoms. The lowest BCUT2D eigenvalue weighted by molar-refractivity contribution is 0.561. The summed E-state index contributed by atoms with van der Waals surface area (Å²) < 4.78 is 52.3. The minimum absolute atomic E-state index is 0.0203. The lowest BCUT2D eigenvalue weighted by Gasteiger charge is -2.14. The van der Waals surface area contributed by atoms with Crippen molar-refractivity contribution < 1.29 is 16.8 Å². The third-order valence-electron chi connectivity index (χ3n) is 3.78. The van der Waals surface area contributed by atoms with Gasteiger partial charge in [0.2, 0.25) is 10.0 Å². The van der Waals surface area contributed by atoms with Crippen LogP contribution in [0.25, 0.3) is 5.69 Å². The molecule has 0 bridgehead atoms. The van der Waals surface area contributed by atoms with E-state index in [1.54, 1.807) is 42.2 Å². The maximum absolute atomic E-state index is 12.6. The Labute approximate surface area is 135 Å². The van der Waals surface area contributed by atoms with Crippen LogP contribution in [0.2, 0.25) is 0 Å². The zero-order valence-electron chi connectivity index (χ0n) is 12.5. The molecule has 0 spiro atoms. The maximum atomic E-state index is 12.6. The molecule has 1 atom stereocenters. The van der Waals surface area contributed by atoms with Crippen LogP contribution in [0.4, 0.5) is 0 Å². The van der Waals surface area contributed by atoms with Crippen LogP contribution >= 0.6 is 0 Å². The summed E-state index contributed by atoms with van der Waals surface area (Å²) in [6.07, 6.45) is 3.63. The number of rotatable bonds is 4. The van der Waals surface area contributed by atoms with Gasteiger partial charge in [-0.15, -0.1) is 0 Å². The number of benzene rings is 1. The highest BCUT2D eigenvalue weighted by Crippen LogP contribution is 2.21. The van der Waals surface area contributed by atoms with Gasteiger partial charge in [0.05, 0.1) is 22.1 Å². The van der Waals surface area contributed by atoms with Crippen molar-refractivity contribution in [1.29, 1.82) is 0 Å². The van der Waals surface area contributed by atoms with Crippen molar-refractivity contribution in [2.24, 2.45) is 0 Å². The SMILES string of the molecule is Cc1ccc(-n2cccn2)cc1S(=O)(=O)N[C@H]1CCS(=O)(=O)C1. The number of hydrogen-bond donors (Lipinski definition) is 1. The van der Waals surface area contributed by atoms with E-state index < -0.39 is 25.9 Å². The Balaban J connectivity index is 1.92. The fourth-order valence-corrected chi connectivity index (χ4v) is 5.93. The van der Waals surface area contributed by atoms with Gasteiger partial charge in [-0.05, 0) is 37.1 Å². The minimum atomic E-state index is -3.79. The van der Waals surface area contributed by atoms with E-state index in [1.807, 2.05) is 0 Å². The second-order valence-corrected chi connectivity index (χ2v) is 9.53. The Hall–Kier alpha value is -1.71. The van der Waals surface area contributed by atoms with Crippen molar-refractivity contribution in [3.8, 4) is 5.69 Å². The van der Waals surface area contributed by atoms with Crippen LogP contribution in [0.5, 0.6) is 0 Å². The summed E-state index contributed by atoms with van der Waals surface area (Å²) >= 11 is 0. The largest absolute Gasteiger partial charge is 0.241 e. The molecule has 0 saturated carbocycles. The summed E-state index contributed by atoms with van der Waals surface area (Å²) in [5, 5.41) is 4.08. The summed E-state index contributed by atoms with van der Waals surface area (Å²) in [6.45, 7) is 1.70. The molecule has 124 valence electrons. The summed E-state index contributed by atoms with van der Waals surface area (Å²) in [5.41, 5.74) is 1.22. The van der Waals surface area contributed by atoms with Crippen molar-refractivity contribution in [1.82, 2.24) is 14.5 Å². The molecule has 1 aromatic carbocycles. The van der Waals surface area contributed by atoms with Crippen LogP contribution in [-0.2, 0) is 19.9 Å². The van der Waals surface area contributed by atoms with E-state index >= 15 is 0 Å². The fourth-order valence-electron chi connectivity index (χ4n) is 2.61. The predicted octanol–water partition coefficient (Wildman–Crippen LogP) is 0.646. The molecule has 23 heavy (non-hydrogen) atoms. The third-order valence-corrected chi connectivity index (χ3v) is 7.21. The fraction of sp³-hybridized carbons (Fsp3) is 0.357. The van der Waals surface area contributed by atoms with Crippen LogP contribution in [0, 0.1) is 6.92 Å². The van der Waals surface area contributed by atoms with Crippen molar-refractivity contribution in [3.63, 3.8) is 0 Å². The molecule has 0 amide bonds. The third kappa shape index (κ3) is 3.46. The van der Waals surface area contributed by atoms with Crippen molar-refractivity contribution in [2.45, 2.75) is 24.3 Å². The Morgan fingerprint density at radius 1 is 1.35 bits per heavy atom. The van der Waals surface area contributed by atoms with Crippen molar-refractivity contribution in [3.05, 3.63) is 42.2 Å². The zero-order valence-corrected chi connectivity index (χ0v) is 14.1. The average molecular weight is 355 g/mol. The quantitative estimate of drug-likeness (QED) is 0.868. The highest BCUT2D eigenvalue weighted by Gasteiger charge is 2.32. The Morgan fingerprint density at radius 3 is 2.74 bits per heavy atom. The molecule has 1 aromatic heterocycles. The number of hydrogen-bond acceptors (Lipinski definition) is 5. The monoisotopic (exact) mass is 355 g/mol. The Kier molecular flexibility index (Phi) is 4.03. The molecule has 3 rings (SSSR count). The van der Waals surface area contributed by atoms with Gasteiger partial charge >= 0.3 is 0 Å². The van der Waals surface area contributed by atoms with Gasteiger partial charge in [0.25, 0.3) is 0 Å². The van der Waals surface area contributed by atoms with Crippen LogP contribution in [0.3, 0.4) is 0 Å². The lowest BCUT2D eigenvalue weighted by atomic mass is 10.2. The van der Waals surface area contributed by atoms with Gasteiger partial charge in [0, 0.05) is 18.4 Å². The minimum Gasteiger partial charge on any atom is -0.241 e. The highest BCUT2D eigenvalue weighted by molar-refractivity contribution is 7.92. The lowest BCUT2D eigenvalue weighted by Crippen LogP contribution is -2.36. The first-order valence-corrected chi connectivity index (χ1v) is 10.4. The normalized spacial score (nSPS) is 20.7. The molecule has 2 heterocycles. The molecule has 1 aliphatic rings. The topological polar surface area (TPSA) is 98.1 Å². The summed E-state index contributed by atoms with van der Waals surface area (Å²) in [6, 6.07) is 6.19. The predicted molar refractivity (Wildman–Crippen MR) is 85.7 cm³/mol. The molecule has 1 saturated heterocycles. The molecule has 0 radical (unpaired) electrons. The summed E-state index contributed by atoms with van der Waals surface area (Å²) in [4.78, 5) is 0.134. The molecule has 1 fully saturated rings. The van der Waals surface area contributed by atoms with Crippen LogP contribution < -0.4 is 4.72 Å². The first-order chi connectivity index (χ1) is 10.8. The van der Waals surface area contributed by atoms with Gasteiger partial charge in [-0.1, -0.05) is 6.07 Å². The Morgan fingerprint density at radius 2 is 2.13 bits per heavy atom. The molecule has 0 aliphatic carbocycles. The smallest absolute Gasteiger partial charge is 0.241 e. The zero-order chi connectivity index (χ0) is 16.7. The average Bonchev–Trinajstić information content (AvgIpc) is 3.08. The van der Waals surface area contributed by atoms with Crippen LogP contribution in [-0.4, -0.2) is 44.2 Å². The standard InChI is InChI=1S/C14H17N3O4S2/c1-11-3-4-13(17-7-2-6-15-17)9-14(11)23(20,21)16-12-5-8-22(18,19)10-12/h2-4,6-7,9,12,16H,5,8,10H2,1H3/t12-/m0/s1. The molecule has 2 aromatic rings. The van der Waals surface area contributed by atoms with E-state index in [4.69, 9.17) is 0 Å². The number of nitrogens with one attached hydrogen (secondary N) is 1. The molecular formula is C14H17N3O4S2. The molecule has 7 nitrogen and oxygen atoms in total. The van der Waals surface area contributed by atoms with Gasteiger partial charge < -0.3 is 0 Å². The number of sulfone groups is 1. The second kappa shape index (κ2) is 5.73. The van der Waals surface area contributed by atoms with E-state index in [2.05, 4.69) is 9.82 Å². The van der Waals surface area contributed by atoms with E-state index in [1.165, 1.54) is 6.07 Å². The molecular weight excluding hydrogens is 338 g/mol. The highest BCUT2D eigenvalue weighted by atomic mass is 32.2. The number of aromatic nitrogens is 2. The maximum Gasteiger partial charge on any atom is 0.241 e. The van der Waals surface area contributed by atoms with Crippen molar-refractivity contribution >= 4 is 19.9 Å². The molecule has 1 N–H and O–H groups in total. The number of aryl methyl sites for hydroxylation is 1. The van der Waals surface area contributed by atoms with Gasteiger partial charge in [0.15, 0.2) is 9.84 Å². The van der Waals surface area contributed by atoms with E-state index in [0.29, 0.717) is 17.7 Å². The van der Waals surface area contributed by atoms with Gasteiger partial charge in [0.1, 0.15) is 0 Å². The van der Waals surface area contributed by atoms with Crippen LogP contribution in [0.1, 0.15) is 12.0 Å². The number of sulfonamides is 1. The first-order valence-electron chi connectivity index (χ1n) is 7.10.